The number of carbonyl (C=O) groups excluding carboxylic acids is 2. The highest BCUT2D eigenvalue weighted by Crippen LogP contribution is 2.26. The van der Waals surface area contributed by atoms with E-state index in [0.717, 1.165) is 6.20 Å². The van der Waals surface area contributed by atoms with Crippen LogP contribution in [0.25, 0.3) is 0 Å². The van der Waals surface area contributed by atoms with Crippen LogP contribution in [0.15, 0.2) is 24.4 Å². The lowest BCUT2D eigenvalue weighted by molar-refractivity contribution is -0.380. The standard InChI is InChI=1S/C16H16N4O6S/c1-2-3-12(21)18-10-5-4-9(6-14(22)23)11(7-10)15(24)19-16-17-8-13(27-16)20(25)26/h4-5,7-8H,2-3,6H2,1H3,(H,18,21)(H,22,23)(H,17,19,24). The molecule has 1 aromatic carbocycles. The van der Waals surface area contributed by atoms with Crippen LogP contribution in [0.2, 0.25) is 0 Å². The number of rotatable bonds is 8. The molecular formula is C16H16N4O6S. The highest BCUT2D eigenvalue weighted by atomic mass is 32.1. The second-order valence-electron chi connectivity index (χ2n) is 5.46. The molecule has 0 radical (unpaired) electrons. The number of carboxylic acid groups (broad SMARTS) is 1. The van der Waals surface area contributed by atoms with E-state index in [1.807, 2.05) is 6.92 Å². The van der Waals surface area contributed by atoms with Crippen molar-refractivity contribution in [2.75, 3.05) is 10.6 Å². The Balaban J connectivity index is 2.28. The van der Waals surface area contributed by atoms with Crippen LogP contribution in [0.3, 0.4) is 0 Å². The van der Waals surface area contributed by atoms with Gasteiger partial charge in [-0.3, -0.25) is 29.8 Å². The molecule has 1 aromatic heterocycles. The highest BCUT2D eigenvalue weighted by molar-refractivity contribution is 7.18. The Hall–Kier alpha value is -3.34. The van der Waals surface area contributed by atoms with Crippen molar-refractivity contribution < 1.29 is 24.4 Å². The number of nitrogens with zero attached hydrogens (tertiary/aromatic N) is 2. The first-order valence-electron chi connectivity index (χ1n) is 7.86. The number of aromatic nitrogens is 1. The third-order valence-corrected chi connectivity index (χ3v) is 4.22. The van der Waals surface area contributed by atoms with Crippen LogP contribution in [0.1, 0.15) is 35.7 Å². The van der Waals surface area contributed by atoms with Gasteiger partial charge in [-0.1, -0.05) is 13.0 Å². The van der Waals surface area contributed by atoms with Gasteiger partial charge in [0, 0.05) is 17.7 Å². The molecule has 142 valence electrons. The lowest BCUT2D eigenvalue weighted by Gasteiger charge is -2.11. The van der Waals surface area contributed by atoms with Crippen molar-refractivity contribution in [3.05, 3.63) is 45.6 Å². The summed E-state index contributed by atoms with van der Waals surface area (Å²) in [6, 6.07) is 4.31. The minimum Gasteiger partial charge on any atom is -0.481 e. The van der Waals surface area contributed by atoms with Gasteiger partial charge in [-0.25, -0.2) is 4.98 Å². The second-order valence-corrected chi connectivity index (χ2v) is 6.46. The van der Waals surface area contributed by atoms with Gasteiger partial charge < -0.3 is 10.4 Å². The molecule has 2 amide bonds. The van der Waals surface area contributed by atoms with Gasteiger partial charge >= 0.3 is 11.0 Å². The molecule has 0 aliphatic heterocycles. The fourth-order valence-electron chi connectivity index (χ4n) is 2.21. The number of hydrogen-bond donors (Lipinski definition) is 3. The zero-order valence-corrected chi connectivity index (χ0v) is 15.0. The lowest BCUT2D eigenvalue weighted by atomic mass is 10.0. The van der Waals surface area contributed by atoms with Crippen molar-refractivity contribution in [1.82, 2.24) is 4.98 Å². The maximum Gasteiger partial charge on any atom is 0.345 e. The van der Waals surface area contributed by atoms with Crippen LogP contribution in [0.4, 0.5) is 15.8 Å². The molecule has 0 bridgehead atoms. The SMILES string of the molecule is CCCC(=O)Nc1ccc(CC(=O)O)c(C(=O)Nc2ncc([N+](=O)[O-])s2)c1. The molecule has 0 aliphatic carbocycles. The van der Waals surface area contributed by atoms with E-state index < -0.39 is 23.2 Å². The van der Waals surface area contributed by atoms with E-state index in [4.69, 9.17) is 5.11 Å². The summed E-state index contributed by atoms with van der Waals surface area (Å²) in [6.07, 6.45) is 1.57. The van der Waals surface area contributed by atoms with E-state index in [0.29, 0.717) is 29.9 Å². The normalized spacial score (nSPS) is 10.3. The first-order chi connectivity index (χ1) is 12.8. The Bertz CT molecular complexity index is 895. The van der Waals surface area contributed by atoms with Crippen LogP contribution >= 0.6 is 11.3 Å². The molecule has 2 rings (SSSR count). The highest BCUT2D eigenvalue weighted by Gasteiger charge is 2.18. The molecule has 0 fully saturated rings. The van der Waals surface area contributed by atoms with Gasteiger partial charge in [0.25, 0.3) is 5.91 Å². The number of carboxylic acids is 1. The first kappa shape index (κ1) is 20.0. The zero-order chi connectivity index (χ0) is 20.0. The second kappa shape index (κ2) is 8.85. The van der Waals surface area contributed by atoms with E-state index in [1.165, 1.54) is 18.2 Å². The van der Waals surface area contributed by atoms with Crippen molar-refractivity contribution in [3.63, 3.8) is 0 Å². The van der Waals surface area contributed by atoms with Gasteiger partial charge in [0.1, 0.15) is 6.20 Å². The molecule has 0 spiro atoms. The molecule has 11 heteroatoms. The third kappa shape index (κ3) is 5.57. The van der Waals surface area contributed by atoms with Crippen LogP contribution in [-0.2, 0) is 16.0 Å². The summed E-state index contributed by atoms with van der Waals surface area (Å²) in [5, 5.41) is 24.5. The van der Waals surface area contributed by atoms with Gasteiger partial charge in [0.05, 0.1) is 11.3 Å². The van der Waals surface area contributed by atoms with Gasteiger partial charge in [-0.05, 0) is 35.5 Å². The monoisotopic (exact) mass is 392 g/mol. The number of nitro groups is 1. The Morgan fingerprint density at radius 2 is 2.04 bits per heavy atom. The predicted molar refractivity (Wildman–Crippen MR) is 98.0 cm³/mol. The lowest BCUT2D eigenvalue weighted by Crippen LogP contribution is -2.17. The number of carbonyl (C=O) groups is 3. The summed E-state index contributed by atoms with van der Waals surface area (Å²) in [5.41, 5.74) is 0.613. The molecule has 0 saturated carbocycles. The van der Waals surface area contributed by atoms with Crippen LogP contribution < -0.4 is 10.6 Å². The molecule has 0 saturated heterocycles. The van der Waals surface area contributed by atoms with Crippen molar-refractivity contribution in [3.8, 4) is 0 Å². The van der Waals surface area contributed by atoms with E-state index in [-0.39, 0.29) is 27.2 Å². The first-order valence-corrected chi connectivity index (χ1v) is 8.68. The number of amides is 2. The number of aliphatic carboxylic acids is 1. The van der Waals surface area contributed by atoms with E-state index in [2.05, 4.69) is 15.6 Å². The van der Waals surface area contributed by atoms with Crippen molar-refractivity contribution in [1.29, 1.82) is 0 Å². The van der Waals surface area contributed by atoms with E-state index >= 15 is 0 Å². The summed E-state index contributed by atoms with van der Waals surface area (Å²) in [6.45, 7) is 1.85. The average Bonchev–Trinajstić information content (AvgIpc) is 3.04. The minimum absolute atomic E-state index is 0.00777. The molecular weight excluding hydrogens is 376 g/mol. The molecule has 0 aliphatic rings. The van der Waals surface area contributed by atoms with Crippen LogP contribution in [-0.4, -0.2) is 32.8 Å². The average molecular weight is 392 g/mol. The summed E-state index contributed by atoms with van der Waals surface area (Å²) in [4.78, 5) is 49.1. The fraction of sp³-hybridized carbons (Fsp3) is 0.250. The summed E-state index contributed by atoms with van der Waals surface area (Å²) in [5.74, 6) is -2.04. The van der Waals surface area contributed by atoms with Gasteiger partial charge in [0.2, 0.25) is 5.91 Å². The molecule has 0 atom stereocenters. The summed E-state index contributed by atoms with van der Waals surface area (Å²) < 4.78 is 0. The van der Waals surface area contributed by atoms with Crippen molar-refractivity contribution in [2.45, 2.75) is 26.2 Å². The molecule has 3 N–H and O–H groups in total. The number of thiazole rings is 1. The van der Waals surface area contributed by atoms with E-state index in [1.54, 1.807) is 0 Å². The number of benzene rings is 1. The maximum absolute atomic E-state index is 12.5. The van der Waals surface area contributed by atoms with Crippen LogP contribution in [0.5, 0.6) is 0 Å². The maximum atomic E-state index is 12.5. The number of nitrogens with one attached hydrogen (secondary N) is 2. The predicted octanol–water partition coefficient (Wildman–Crippen LogP) is 2.67. The summed E-state index contributed by atoms with van der Waals surface area (Å²) >= 11 is 0.677. The third-order valence-electron chi connectivity index (χ3n) is 3.35. The van der Waals surface area contributed by atoms with Crippen molar-refractivity contribution in [2.24, 2.45) is 0 Å². The Labute approximate surface area is 157 Å². The quantitative estimate of drug-likeness (QED) is 0.461. The van der Waals surface area contributed by atoms with Gasteiger partial charge in [-0.2, -0.15) is 0 Å². The largest absolute Gasteiger partial charge is 0.481 e. The topological polar surface area (TPSA) is 152 Å². The Morgan fingerprint density at radius 3 is 2.63 bits per heavy atom. The smallest absolute Gasteiger partial charge is 0.345 e. The van der Waals surface area contributed by atoms with E-state index in [9.17, 15) is 24.5 Å². The molecule has 0 unspecified atom stereocenters. The molecule has 10 nitrogen and oxygen atoms in total. The summed E-state index contributed by atoms with van der Waals surface area (Å²) in [7, 11) is 0. The number of hydrogen-bond acceptors (Lipinski definition) is 7. The Morgan fingerprint density at radius 1 is 1.30 bits per heavy atom. The fourth-order valence-corrected chi connectivity index (χ4v) is 2.83. The van der Waals surface area contributed by atoms with Crippen LogP contribution in [0, 0.1) is 10.1 Å². The molecule has 1 heterocycles. The molecule has 2 aromatic rings. The molecule has 27 heavy (non-hydrogen) atoms. The van der Waals surface area contributed by atoms with Gasteiger partial charge in [-0.15, -0.1) is 0 Å². The minimum atomic E-state index is -1.13. The van der Waals surface area contributed by atoms with Crippen molar-refractivity contribution >= 4 is 44.9 Å². The van der Waals surface area contributed by atoms with Gasteiger partial charge in [0.15, 0.2) is 5.13 Å². The zero-order valence-electron chi connectivity index (χ0n) is 14.2. The number of anilines is 2. The Kier molecular flexibility index (Phi) is 6.55.